The van der Waals surface area contributed by atoms with Crippen molar-refractivity contribution in [2.45, 2.75) is 26.3 Å². The first-order valence-corrected chi connectivity index (χ1v) is 9.23. The van der Waals surface area contributed by atoms with E-state index in [9.17, 15) is 9.59 Å². The Morgan fingerprint density at radius 1 is 1.12 bits per heavy atom. The Labute approximate surface area is 165 Å². The fraction of sp³-hybridized carbons (Fsp3) is 0.211. The van der Waals surface area contributed by atoms with E-state index >= 15 is 0 Å². The number of hydrogen-bond acceptors (Lipinski definition) is 3. The summed E-state index contributed by atoms with van der Waals surface area (Å²) in [5.74, 6) is -0.933. The summed E-state index contributed by atoms with van der Waals surface area (Å²) >= 11 is 8.58. The predicted molar refractivity (Wildman–Crippen MR) is 110 cm³/mol. The van der Waals surface area contributed by atoms with Gasteiger partial charge in [0.25, 0.3) is 11.8 Å². The van der Waals surface area contributed by atoms with E-state index in [1.54, 1.807) is 18.2 Å². The van der Waals surface area contributed by atoms with Crippen molar-refractivity contribution >= 4 is 56.8 Å². The first-order chi connectivity index (χ1) is 12.2. The predicted octanol–water partition coefficient (Wildman–Crippen LogP) is 3.84. The van der Waals surface area contributed by atoms with Gasteiger partial charge < -0.3 is 4.57 Å². The van der Waals surface area contributed by atoms with E-state index in [0.29, 0.717) is 5.69 Å². The van der Waals surface area contributed by atoms with E-state index in [2.05, 4.69) is 42.0 Å². The number of carbonyl (C=O) groups excluding carboxylic acids is 2. The fourth-order valence-corrected chi connectivity index (χ4v) is 3.30. The summed E-state index contributed by atoms with van der Waals surface area (Å²) in [5.41, 5.74) is 1.25. The number of rotatable bonds is 2. The van der Waals surface area contributed by atoms with Crippen molar-refractivity contribution in [3.63, 3.8) is 0 Å². The number of benzene rings is 1. The van der Waals surface area contributed by atoms with Crippen LogP contribution in [0, 0.1) is 0 Å². The number of aromatic nitrogens is 1. The zero-order valence-electron chi connectivity index (χ0n) is 14.6. The lowest BCUT2D eigenvalue weighted by atomic mass is 10.1. The Bertz CT molecular complexity index is 923. The highest BCUT2D eigenvalue weighted by atomic mass is 79.9. The Morgan fingerprint density at radius 3 is 2.38 bits per heavy atom. The smallest absolute Gasteiger partial charge is 0.270 e. The van der Waals surface area contributed by atoms with Crippen molar-refractivity contribution in [2.24, 2.45) is 0 Å². The quantitative estimate of drug-likeness (QED) is 0.446. The second kappa shape index (κ2) is 6.81. The van der Waals surface area contributed by atoms with Crippen molar-refractivity contribution in [3.8, 4) is 0 Å². The molecular weight excluding hydrogens is 414 g/mol. The normalized spacial score (nSPS) is 17.0. The number of nitrogens with zero attached hydrogens (tertiary/aromatic N) is 2. The maximum absolute atomic E-state index is 13.0. The van der Waals surface area contributed by atoms with Crippen LogP contribution >= 0.6 is 28.1 Å². The summed E-state index contributed by atoms with van der Waals surface area (Å²) in [4.78, 5) is 26.7. The number of nitrogens with one attached hydrogen (secondary N) is 1. The van der Waals surface area contributed by atoms with Gasteiger partial charge in [0, 0.05) is 21.9 Å². The topological polar surface area (TPSA) is 54.3 Å². The van der Waals surface area contributed by atoms with Crippen LogP contribution in [-0.2, 0) is 15.1 Å². The van der Waals surface area contributed by atoms with Gasteiger partial charge in [-0.1, -0.05) is 15.9 Å². The molecule has 0 spiro atoms. The molecule has 134 valence electrons. The lowest BCUT2D eigenvalue weighted by molar-refractivity contribution is -0.122. The summed E-state index contributed by atoms with van der Waals surface area (Å²) in [5, 5.41) is 2.68. The van der Waals surface area contributed by atoms with E-state index in [1.165, 1.54) is 4.90 Å². The van der Waals surface area contributed by atoms with Crippen molar-refractivity contribution < 1.29 is 9.59 Å². The molecule has 3 rings (SSSR count). The van der Waals surface area contributed by atoms with Crippen LogP contribution < -0.4 is 10.2 Å². The number of anilines is 1. The second-order valence-electron chi connectivity index (χ2n) is 6.91. The highest BCUT2D eigenvalue weighted by Crippen LogP contribution is 2.25. The van der Waals surface area contributed by atoms with E-state index in [-0.39, 0.29) is 16.2 Å². The Hall–Kier alpha value is -2.25. The largest absolute Gasteiger partial charge is 0.343 e. The van der Waals surface area contributed by atoms with Crippen LogP contribution in [0.4, 0.5) is 5.69 Å². The van der Waals surface area contributed by atoms with Crippen LogP contribution in [-0.4, -0.2) is 21.5 Å². The zero-order valence-corrected chi connectivity index (χ0v) is 17.0. The van der Waals surface area contributed by atoms with Crippen LogP contribution in [0.1, 0.15) is 26.5 Å². The molecule has 1 aromatic heterocycles. The van der Waals surface area contributed by atoms with Crippen molar-refractivity contribution in [1.29, 1.82) is 0 Å². The molecule has 2 aromatic rings. The van der Waals surface area contributed by atoms with Crippen LogP contribution in [0.2, 0.25) is 0 Å². The van der Waals surface area contributed by atoms with Gasteiger partial charge in [0.05, 0.1) is 5.69 Å². The van der Waals surface area contributed by atoms with Crippen LogP contribution in [0.5, 0.6) is 0 Å². The Kier molecular flexibility index (Phi) is 4.86. The molecule has 0 bridgehead atoms. The molecule has 0 atom stereocenters. The lowest BCUT2D eigenvalue weighted by Crippen LogP contribution is -2.54. The van der Waals surface area contributed by atoms with Gasteiger partial charge in [0.15, 0.2) is 5.11 Å². The second-order valence-corrected chi connectivity index (χ2v) is 8.21. The Balaban J connectivity index is 2.04. The van der Waals surface area contributed by atoms with E-state index in [4.69, 9.17) is 12.2 Å². The molecule has 2 amide bonds. The summed E-state index contributed by atoms with van der Waals surface area (Å²) < 4.78 is 2.90. The van der Waals surface area contributed by atoms with Gasteiger partial charge in [-0.25, -0.2) is 0 Å². The number of halogens is 1. The van der Waals surface area contributed by atoms with Crippen LogP contribution in [0.15, 0.2) is 52.6 Å². The minimum absolute atomic E-state index is 0.0470. The van der Waals surface area contributed by atoms with Gasteiger partial charge in [-0.15, -0.1) is 0 Å². The minimum Gasteiger partial charge on any atom is -0.343 e. The first-order valence-electron chi connectivity index (χ1n) is 8.03. The van der Waals surface area contributed by atoms with Gasteiger partial charge in [0.1, 0.15) is 5.57 Å². The first kappa shape index (κ1) is 18.5. The van der Waals surface area contributed by atoms with Crippen molar-refractivity contribution in [1.82, 2.24) is 9.88 Å². The summed E-state index contributed by atoms with van der Waals surface area (Å²) in [6, 6.07) is 10.9. The standard InChI is InChI=1S/C19H18BrN3O2S/c1-19(2,3)22-10-4-5-14(22)11-15-16(24)21-18(26)23(17(15)25)13-8-6-12(20)7-9-13/h4-11H,1-3H3,(H,21,24,26)/b15-11-. The molecule has 0 unspecified atom stereocenters. The molecule has 0 aliphatic carbocycles. The lowest BCUT2D eigenvalue weighted by Gasteiger charge is -2.29. The summed E-state index contributed by atoms with van der Waals surface area (Å²) in [6.07, 6.45) is 3.53. The van der Waals surface area contributed by atoms with E-state index in [1.807, 2.05) is 35.0 Å². The van der Waals surface area contributed by atoms with E-state index in [0.717, 1.165) is 10.2 Å². The molecule has 1 aromatic carbocycles. The molecule has 5 nitrogen and oxygen atoms in total. The third kappa shape index (κ3) is 3.50. The van der Waals surface area contributed by atoms with Crippen LogP contribution in [0.25, 0.3) is 6.08 Å². The molecule has 1 N–H and O–H groups in total. The highest BCUT2D eigenvalue weighted by Gasteiger charge is 2.34. The molecule has 0 saturated carbocycles. The number of carbonyl (C=O) groups is 2. The third-order valence-electron chi connectivity index (χ3n) is 3.98. The summed E-state index contributed by atoms with van der Waals surface area (Å²) in [6.45, 7) is 6.17. The summed E-state index contributed by atoms with van der Waals surface area (Å²) in [7, 11) is 0. The van der Waals surface area contributed by atoms with Crippen molar-refractivity contribution in [2.75, 3.05) is 4.90 Å². The van der Waals surface area contributed by atoms with Crippen molar-refractivity contribution in [3.05, 3.63) is 58.3 Å². The maximum atomic E-state index is 13.0. The SMILES string of the molecule is CC(C)(C)n1cccc1/C=C1/C(=O)NC(=S)N(c2ccc(Br)cc2)C1=O. The maximum Gasteiger partial charge on any atom is 0.270 e. The number of thiocarbonyl (C=S) groups is 1. The molecule has 26 heavy (non-hydrogen) atoms. The van der Waals surface area contributed by atoms with Gasteiger partial charge in [-0.05, 0) is 75.5 Å². The van der Waals surface area contributed by atoms with Gasteiger partial charge in [-0.2, -0.15) is 0 Å². The van der Waals surface area contributed by atoms with Gasteiger partial charge in [0.2, 0.25) is 0 Å². The monoisotopic (exact) mass is 431 g/mol. The fourth-order valence-electron chi connectivity index (χ4n) is 2.75. The molecule has 1 fully saturated rings. The molecule has 1 saturated heterocycles. The molecular formula is C19H18BrN3O2S. The molecule has 1 aliphatic heterocycles. The average Bonchev–Trinajstić information content (AvgIpc) is 3.01. The number of amides is 2. The molecule has 0 radical (unpaired) electrons. The third-order valence-corrected chi connectivity index (χ3v) is 4.80. The molecule has 2 heterocycles. The highest BCUT2D eigenvalue weighted by molar-refractivity contribution is 9.10. The van der Waals surface area contributed by atoms with E-state index < -0.39 is 11.8 Å². The Morgan fingerprint density at radius 2 is 1.77 bits per heavy atom. The average molecular weight is 432 g/mol. The minimum atomic E-state index is -0.491. The molecule has 7 heteroatoms. The van der Waals surface area contributed by atoms with Gasteiger partial charge >= 0.3 is 0 Å². The van der Waals surface area contributed by atoms with Gasteiger partial charge in [-0.3, -0.25) is 19.8 Å². The van der Waals surface area contributed by atoms with Crippen LogP contribution in [0.3, 0.4) is 0 Å². The zero-order chi connectivity index (χ0) is 19.1. The number of hydrogen-bond donors (Lipinski definition) is 1. The molecule has 1 aliphatic rings.